The maximum atomic E-state index is 13.2. The zero-order valence-electron chi connectivity index (χ0n) is 13.7. The fraction of sp³-hybridized carbons (Fsp3) is 0.529. The van der Waals surface area contributed by atoms with Gasteiger partial charge >= 0.3 is 6.18 Å². The Balaban J connectivity index is 1.85. The number of fused-ring (bicyclic) bond motifs is 1. The topological polar surface area (TPSA) is 60.9 Å². The number of hydrogen-bond donors (Lipinski definition) is 1. The molecule has 2 amide bonds. The van der Waals surface area contributed by atoms with Crippen LogP contribution in [0, 0.1) is 0 Å². The Morgan fingerprint density at radius 3 is 2.64 bits per heavy atom. The molecule has 0 radical (unpaired) electrons. The number of rotatable bonds is 1. The van der Waals surface area contributed by atoms with Crippen molar-refractivity contribution in [3.05, 3.63) is 34.9 Å². The van der Waals surface area contributed by atoms with Gasteiger partial charge in [-0.25, -0.2) is 0 Å². The SMILES string of the molecule is CC(=O)N1C[C@H](O)C[C@H]1C(=O)N1CCc2cccc(C(F)(F)F)c2C1. The molecule has 0 aliphatic carbocycles. The highest BCUT2D eigenvalue weighted by molar-refractivity contribution is 5.88. The molecule has 2 atom stereocenters. The number of likely N-dealkylation sites (tertiary alicyclic amines) is 1. The second-order valence-corrected chi connectivity index (χ2v) is 6.53. The van der Waals surface area contributed by atoms with Crippen LogP contribution in [0.15, 0.2) is 18.2 Å². The van der Waals surface area contributed by atoms with Crippen LogP contribution in [-0.4, -0.2) is 52.0 Å². The number of nitrogens with zero attached hydrogens (tertiary/aromatic N) is 2. The maximum Gasteiger partial charge on any atom is 0.416 e. The predicted octanol–water partition coefficient (Wildman–Crippen LogP) is 1.57. The molecule has 25 heavy (non-hydrogen) atoms. The molecule has 8 heteroatoms. The molecule has 1 aromatic rings. The van der Waals surface area contributed by atoms with E-state index in [0.717, 1.165) is 6.07 Å². The van der Waals surface area contributed by atoms with Gasteiger partial charge in [0, 0.05) is 33.0 Å². The lowest BCUT2D eigenvalue weighted by atomic mass is 9.94. The van der Waals surface area contributed by atoms with Gasteiger partial charge in [0.2, 0.25) is 11.8 Å². The standard InChI is InChI=1S/C17H19F3N2O3/c1-10(23)22-8-12(24)7-15(22)16(25)21-6-5-11-3-2-4-14(13(11)9-21)17(18,19)20/h2-4,12,15,24H,5-9H2,1H3/t12-,15+/m1/s1. The lowest BCUT2D eigenvalue weighted by Crippen LogP contribution is -2.48. The highest BCUT2D eigenvalue weighted by atomic mass is 19.4. The summed E-state index contributed by atoms with van der Waals surface area (Å²) in [7, 11) is 0. The van der Waals surface area contributed by atoms with Crippen LogP contribution in [-0.2, 0) is 28.7 Å². The first-order valence-corrected chi connectivity index (χ1v) is 8.10. The monoisotopic (exact) mass is 356 g/mol. The van der Waals surface area contributed by atoms with Crippen molar-refractivity contribution in [2.75, 3.05) is 13.1 Å². The lowest BCUT2D eigenvalue weighted by molar-refractivity contribution is -0.144. The predicted molar refractivity (Wildman–Crippen MR) is 82.4 cm³/mol. The summed E-state index contributed by atoms with van der Waals surface area (Å²) in [6, 6.07) is 3.23. The molecule has 0 bridgehead atoms. The van der Waals surface area contributed by atoms with Gasteiger partial charge in [-0.15, -0.1) is 0 Å². The van der Waals surface area contributed by atoms with Crippen molar-refractivity contribution in [2.24, 2.45) is 0 Å². The molecule has 1 aromatic carbocycles. The molecule has 1 saturated heterocycles. The largest absolute Gasteiger partial charge is 0.416 e. The fourth-order valence-corrected chi connectivity index (χ4v) is 3.64. The van der Waals surface area contributed by atoms with Crippen LogP contribution >= 0.6 is 0 Å². The molecule has 2 heterocycles. The van der Waals surface area contributed by atoms with Crippen molar-refractivity contribution in [1.82, 2.24) is 9.80 Å². The highest BCUT2D eigenvalue weighted by Crippen LogP contribution is 2.36. The molecular formula is C17H19F3N2O3. The first kappa shape index (κ1) is 17.7. The number of benzene rings is 1. The summed E-state index contributed by atoms with van der Waals surface area (Å²) in [6.45, 7) is 1.54. The Morgan fingerprint density at radius 2 is 2.00 bits per heavy atom. The zero-order valence-corrected chi connectivity index (χ0v) is 13.7. The van der Waals surface area contributed by atoms with Crippen LogP contribution in [0.2, 0.25) is 0 Å². The third kappa shape index (κ3) is 3.35. The molecule has 136 valence electrons. The zero-order chi connectivity index (χ0) is 18.4. The number of amides is 2. The van der Waals surface area contributed by atoms with Crippen LogP contribution in [0.3, 0.4) is 0 Å². The summed E-state index contributed by atoms with van der Waals surface area (Å²) in [5.74, 6) is -0.738. The third-order valence-electron chi connectivity index (χ3n) is 4.86. The van der Waals surface area contributed by atoms with E-state index in [9.17, 15) is 27.9 Å². The van der Waals surface area contributed by atoms with Gasteiger partial charge in [0.15, 0.2) is 0 Å². The van der Waals surface area contributed by atoms with E-state index in [1.54, 1.807) is 6.07 Å². The number of β-amino-alcohol motifs (C(OH)–C–C–N with tert-alkyl or cyclic N) is 1. The van der Waals surface area contributed by atoms with Gasteiger partial charge < -0.3 is 14.9 Å². The molecule has 0 aromatic heterocycles. The van der Waals surface area contributed by atoms with Gasteiger partial charge in [-0.1, -0.05) is 12.1 Å². The molecule has 2 aliphatic heterocycles. The number of aliphatic hydroxyl groups excluding tert-OH is 1. The van der Waals surface area contributed by atoms with Crippen molar-refractivity contribution in [2.45, 2.75) is 44.6 Å². The highest BCUT2D eigenvalue weighted by Gasteiger charge is 2.41. The molecule has 0 unspecified atom stereocenters. The minimum absolute atomic E-state index is 0.0734. The van der Waals surface area contributed by atoms with Crippen molar-refractivity contribution < 1.29 is 27.9 Å². The van der Waals surface area contributed by atoms with E-state index in [4.69, 9.17) is 0 Å². The summed E-state index contributed by atoms with van der Waals surface area (Å²) >= 11 is 0. The number of halogens is 3. The quantitative estimate of drug-likeness (QED) is 0.831. The average molecular weight is 356 g/mol. The van der Waals surface area contributed by atoms with Gasteiger partial charge in [-0.2, -0.15) is 13.2 Å². The number of aliphatic hydroxyl groups is 1. The minimum atomic E-state index is -4.48. The third-order valence-corrected chi connectivity index (χ3v) is 4.86. The average Bonchev–Trinajstić information content (AvgIpc) is 2.94. The minimum Gasteiger partial charge on any atom is -0.391 e. The number of carbonyl (C=O) groups is 2. The van der Waals surface area contributed by atoms with E-state index in [1.165, 1.54) is 22.8 Å². The first-order valence-electron chi connectivity index (χ1n) is 8.10. The normalized spacial score (nSPS) is 23.6. The second kappa shape index (κ2) is 6.33. The lowest BCUT2D eigenvalue weighted by Gasteiger charge is -2.34. The van der Waals surface area contributed by atoms with Gasteiger partial charge in [-0.3, -0.25) is 9.59 Å². The van der Waals surface area contributed by atoms with E-state index in [2.05, 4.69) is 0 Å². The van der Waals surface area contributed by atoms with Crippen molar-refractivity contribution in [1.29, 1.82) is 0 Å². The van der Waals surface area contributed by atoms with Gasteiger partial charge in [0.25, 0.3) is 0 Å². The van der Waals surface area contributed by atoms with Crippen molar-refractivity contribution in [3.8, 4) is 0 Å². The number of hydrogen-bond acceptors (Lipinski definition) is 3. The van der Waals surface area contributed by atoms with Gasteiger partial charge in [0.05, 0.1) is 11.7 Å². The fourth-order valence-electron chi connectivity index (χ4n) is 3.64. The van der Waals surface area contributed by atoms with Gasteiger partial charge in [-0.05, 0) is 23.6 Å². The first-order chi connectivity index (χ1) is 11.7. The van der Waals surface area contributed by atoms with Crippen LogP contribution in [0.1, 0.15) is 30.0 Å². The van der Waals surface area contributed by atoms with Crippen LogP contribution in [0.5, 0.6) is 0 Å². The van der Waals surface area contributed by atoms with E-state index in [0.29, 0.717) is 18.5 Å². The Morgan fingerprint density at radius 1 is 1.28 bits per heavy atom. The summed E-state index contributed by atoms with van der Waals surface area (Å²) < 4.78 is 39.7. The summed E-state index contributed by atoms with van der Waals surface area (Å²) in [6.07, 6.45) is -4.82. The Hall–Kier alpha value is -2.09. The van der Waals surface area contributed by atoms with E-state index >= 15 is 0 Å². The summed E-state index contributed by atoms with van der Waals surface area (Å²) in [5, 5.41) is 9.76. The molecule has 0 saturated carbocycles. The molecule has 2 aliphatic rings. The summed E-state index contributed by atoms with van der Waals surface area (Å²) in [4.78, 5) is 27.1. The van der Waals surface area contributed by atoms with Crippen LogP contribution in [0.4, 0.5) is 13.2 Å². The van der Waals surface area contributed by atoms with Gasteiger partial charge in [0.1, 0.15) is 6.04 Å². The van der Waals surface area contributed by atoms with E-state index in [1.807, 2.05) is 0 Å². The molecule has 0 spiro atoms. The molecular weight excluding hydrogens is 337 g/mol. The molecule has 1 fully saturated rings. The van der Waals surface area contributed by atoms with E-state index < -0.39 is 29.8 Å². The van der Waals surface area contributed by atoms with E-state index in [-0.39, 0.29) is 31.0 Å². The molecule has 1 N–H and O–H groups in total. The van der Waals surface area contributed by atoms with Crippen molar-refractivity contribution in [3.63, 3.8) is 0 Å². The Kier molecular flexibility index (Phi) is 4.49. The maximum absolute atomic E-state index is 13.2. The second-order valence-electron chi connectivity index (χ2n) is 6.53. The van der Waals surface area contributed by atoms with Crippen LogP contribution < -0.4 is 0 Å². The van der Waals surface area contributed by atoms with Crippen molar-refractivity contribution >= 4 is 11.8 Å². The number of carbonyl (C=O) groups excluding carboxylic acids is 2. The summed E-state index contributed by atoms with van der Waals surface area (Å²) in [5.41, 5.74) is -0.0198. The number of alkyl halides is 3. The Bertz CT molecular complexity index is 705. The molecule has 3 rings (SSSR count). The molecule has 5 nitrogen and oxygen atoms in total. The smallest absolute Gasteiger partial charge is 0.391 e. The van der Waals surface area contributed by atoms with Crippen LogP contribution in [0.25, 0.3) is 0 Å². The Labute approximate surface area is 143 Å².